The van der Waals surface area contributed by atoms with E-state index >= 15 is 0 Å². The van der Waals surface area contributed by atoms with Crippen molar-refractivity contribution in [2.45, 2.75) is 30.7 Å². The SMILES string of the molecule is CC1SCC(C(=O)O)N1C(=O)C1CC1c1ccccc1. The zero-order valence-electron chi connectivity index (χ0n) is 11.2. The first-order chi connectivity index (χ1) is 9.59. The lowest BCUT2D eigenvalue weighted by molar-refractivity contribution is -0.149. The van der Waals surface area contributed by atoms with Gasteiger partial charge in [0, 0.05) is 11.7 Å². The van der Waals surface area contributed by atoms with Crippen molar-refractivity contribution >= 4 is 23.6 Å². The Bertz CT molecular complexity index is 533. The molecule has 4 atom stereocenters. The highest BCUT2D eigenvalue weighted by atomic mass is 32.2. The minimum Gasteiger partial charge on any atom is -0.480 e. The van der Waals surface area contributed by atoms with Crippen molar-refractivity contribution < 1.29 is 14.7 Å². The summed E-state index contributed by atoms with van der Waals surface area (Å²) in [6.45, 7) is 1.91. The molecule has 1 aromatic carbocycles. The molecule has 2 fully saturated rings. The number of benzene rings is 1. The van der Waals surface area contributed by atoms with Crippen LogP contribution in [0.4, 0.5) is 0 Å². The van der Waals surface area contributed by atoms with Crippen molar-refractivity contribution in [2.75, 3.05) is 5.75 Å². The first kappa shape index (κ1) is 13.5. The maximum absolute atomic E-state index is 12.6. The van der Waals surface area contributed by atoms with Gasteiger partial charge in [0.2, 0.25) is 5.91 Å². The van der Waals surface area contributed by atoms with E-state index in [0.717, 1.165) is 6.42 Å². The van der Waals surface area contributed by atoms with E-state index in [1.807, 2.05) is 37.3 Å². The number of aliphatic carboxylic acids is 1. The number of carbonyl (C=O) groups excluding carboxylic acids is 1. The van der Waals surface area contributed by atoms with E-state index in [0.29, 0.717) is 5.75 Å². The number of carboxylic acids is 1. The lowest BCUT2D eigenvalue weighted by atomic mass is 10.1. The molecular weight excluding hydrogens is 274 g/mol. The number of carbonyl (C=O) groups is 2. The fourth-order valence-corrected chi connectivity index (χ4v) is 4.07. The molecule has 0 radical (unpaired) electrons. The van der Waals surface area contributed by atoms with E-state index in [1.54, 1.807) is 4.90 Å². The maximum atomic E-state index is 12.6. The van der Waals surface area contributed by atoms with Gasteiger partial charge in [-0.1, -0.05) is 30.3 Å². The Morgan fingerprint density at radius 3 is 2.65 bits per heavy atom. The lowest BCUT2D eigenvalue weighted by Crippen LogP contribution is -2.45. The van der Waals surface area contributed by atoms with Gasteiger partial charge < -0.3 is 10.0 Å². The summed E-state index contributed by atoms with van der Waals surface area (Å²) in [5, 5.41) is 9.19. The molecule has 1 heterocycles. The van der Waals surface area contributed by atoms with Crippen LogP contribution >= 0.6 is 11.8 Å². The Labute approximate surface area is 122 Å². The van der Waals surface area contributed by atoms with Crippen molar-refractivity contribution in [3.63, 3.8) is 0 Å². The van der Waals surface area contributed by atoms with Crippen molar-refractivity contribution in [1.29, 1.82) is 0 Å². The van der Waals surface area contributed by atoms with E-state index in [2.05, 4.69) is 0 Å². The fraction of sp³-hybridized carbons (Fsp3) is 0.467. The van der Waals surface area contributed by atoms with Gasteiger partial charge in [-0.15, -0.1) is 11.8 Å². The number of hydrogen-bond donors (Lipinski definition) is 1. The second-order valence-electron chi connectivity index (χ2n) is 5.39. The molecule has 0 bridgehead atoms. The molecule has 4 nitrogen and oxygen atoms in total. The van der Waals surface area contributed by atoms with E-state index in [9.17, 15) is 14.7 Å². The third-order valence-corrected chi connectivity index (χ3v) is 5.32. The quantitative estimate of drug-likeness (QED) is 0.927. The molecule has 3 rings (SSSR count). The molecule has 1 amide bonds. The third-order valence-electron chi connectivity index (χ3n) is 4.10. The van der Waals surface area contributed by atoms with Gasteiger partial charge in [0.05, 0.1) is 5.37 Å². The van der Waals surface area contributed by atoms with Crippen LogP contribution in [0.3, 0.4) is 0 Å². The molecule has 5 heteroatoms. The van der Waals surface area contributed by atoms with E-state index in [4.69, 9.17) is 0 Å². The van der Waals surface area contributed by atoms with Gasteiger partial charge in [0.15, 0.2) is 0 Å². The van der Waals surface area contributed by atoms with Crippen LogP contribution < -0.4 is 0 Å². The third kappa shape index (κ3) is 2.30. The Balaban J connectivity index is 1.73. The predicted molar refractivity (Wildman–Crippen MR) is 77.5 cm³/mol. The molecule has 1 aromatic rings. The highest BCUT2D eigenvalue weighted by Gasteiger charge is 2.50. The number of amides is 1. The molecule has 1 N–H and O–H groups in total. The van der Waals surface area contributed by atoms with Crippen LogP contribution in [0.5, 0.6) is 0 Å². The van der Waals surface area contributed by atoms with Crippen LogP contribution in [-0.4, -0.2) is 39.1 Å². The Morgan fingerprint density at radius 1 is 1.30 bits per heavy atom. The summed E-state index contributed by atoms with van der Waals surface area (Å²) < 4.78 is 0. The normalized spacial score (nSPS) is 32.1. The van der Waals surface area contributed by atoms with Crippen molar-refractivity contribution in [3.8, 4) is 0 Å². The minimum absolute atomic E-state index is 0.00348. The molecule has 0 spiro atoms. The van der Waals surface area contributed by atoms with Gasteiger partial charge >= 0.3 is 5.97 Å². The fourth-order valence-electron chi connectivity index (χ4n) is 2.90. The summed E-state index contributed by atoms with van der Waals surface area (Å²) in [6, 6.07) is 9.32. The monoisotopic (exact) mass is 291 g/mol. The first-order valence-corrected chi connectivity index (χ1v) is 7.86. The number of carboxylic acid groups (broad SMARTS) is 1. The van der Waals surface area contributed by atoms with Crippen molar-refractivity contribution in [1.82, 2.24) is 4.90 Å². The van der Waals surface area contributed by atoms with Crippen LogP contribution in [0.2, 0.25) is 0 Å². The highest BCUT2D eigenvalue weighted by Crippen LogP contribution is 2.49. The summed E-state index contributed by atoms with van der Waals surface area (Å²) in [6.07, 6.45) is 0.836. The molecule has 2 aliphatic rings. The molecule has 106 valence electrons. The maximum Gasteiger partial charge on any atom is 0.327 e. The molecular formula is C15H17NO3S. The van der Waals surface area contributed by atoms with Gasteiger partial charge in [-0.2, -0.15) is 0 Å². The van der Waals surface area contributed by atoms with Gasteiger partial charge in [-0.3, -0.25) is 4.79 Å². The summed E-state index contributed by atoms with van der Waals surface area (Å²) in [5.41, 5.74) is 1.18. The van der Waals surface area contributed by atoms with Crippen LogP contribution in [0, 0.1) is 5.92 Å². The molecule has 20 heavy (non-hydrogen) atoms. The molecule has 1 aliphatic heterocycles. The largest absolute Gasteiger partial charge is 0.480 e. The first-order valence-electron chi connectivity index (χ1n) is 6.81. The van der Waals surface area contributed by atoms with Crippen LogP contribution in [0.25, 0.3) is 0 Å². The van der Waals surface area contributed by atoms with Gasteiger partial charge in [-0.25, -0.2) is 4.79 Å². The molecule has 0 aromatic heterocycles. The molecule has 4 unspecified atom stereocenters. The highest BCUT2D eigenvalue weighted by molar-refractivity contribution is 8.00. The summed E-state index contributed by atoms with van der Waals surface area (Å²) in [5.74, 6) is -0.183. The summed E-state index contributed by atoms with van der Waals surface area (Å²) >= 11 is 1.54. The zero-order chi connectivity index (χ0) is 14.3. The Morgan fingerprint density at radius 2 is 2.00 bits per heavy atom. The molecule has 1 aliphatic carbocycles. The number of rotatable bonds is 3. The average Bonchev–Trinajstić information content (AvgIpc) is 3.15. The van der Waals surface area contributed by atoms with Crippen LogP contribution in [0.15, 0.2) is 30.3 Å². The number of thioether (sulfide) groups is 1. The van der Waals surface area contributed by atoms with E-state index in [1.165, 1.54) is 17.3 Å². The van der Waals surface area contributed by atoms with Crippen molar-refractivity contribution in [2.24, 2.45) is 5.92 Å². The van der Waals surface area contributed by atoms with Gasteiger partial charge in [0.1, 0.15) is 6.04 Å². The summed E-state index contributed by atoms with van der Waals surface area (Å²) in [4.78, 5) is 25.4. The number of nitrogens with zero attached hydrogens (tertiary/aromatic N) is 1. The Kier molecular flexibility index (Phi) is 3.46. The van der Waals surface area contributed by atoms with Crippen LogP contribution in [0.1, 0.15) is 24.8 Å². The number of hydrogen-bond acceptors (Lipinski definition) is 3. The van der Waals surface area contributed by atoms with Crippen LogP contribution in [-0.2, 0) is 9.59 Å². The van der Waals surface area contributed by atoms with E-state index < -0.39 is 12.0 Å². The lowest BCUT2D eigenvalue weighted by Gasteiger charge is -2.25. The molecule has 1 saturated heterocycles. The Hall–Kier alpha value is -1.49. The zero-order valence-corrected chi connectivity index (χ0v) is 12.0. The smallest absolute Gasteiger partial charge is 0.327 e. The van der Waals surface area contributed by atoms with Gasteiger partial charge in [-0.05, 0) is 24.8 Å². The van der Waals surface area contributed by atoms with E-state index in [-0.39, 0.29) is 23.1 Å². The average molecular weight is 291 g/mol. The van der Waals surface area contributed by atoms with Gasteiger partial charge in [0.25, 0.3) is 0 Å². The minimum atomic E-state index is -0.896. The second kappa shape index (κ2) is 5.13. The standard InChI is InChI=1S/C15H17NO3S/c1-9-16(13(8-20-9)15(18)19)14(17)12-7-11(12)10-5-3-2-4-6-10/h2-6,9,11-13H,7-8H2,1H3,(H,18,19). The summed E-state index contributed by atoms with van der Waals surface area (Å²) in [7, 11) is 0. The molecule has 1 saturated carbocycles. The second-order valence-corrected chi connectivity index (χ2v) is 6.74. The topological polar surface area (TPSA) is 57.6 Å². The van der Waals surface area contributed by atoms with Crippen molar-refractivity contribution in [3.05, 3.63) is 35.9 Å². The predicted octanol–water partition coefficient (Wildman–Crippen LogP) is 2.16.